The number of piperidine rings is 1. The van der Waals surface area contributed by atoms with Gasteiger partial charge in [0.25, 0.3) is 0 Å². The first-order valence-corrected chi connectivity index (χ1v) is 9.45. The number of rotatable bonds is 3. The molecule has 0 spiro atoms. The van der Waals surface area contributed by atoms with Crippen molar-refractivity contribution in [1.82, 2.24) is 39.7 Å². The maximum atomic E-state index is 4.55. The molecule has 0 aliphatic carbocycles. The van der Waals surface area contributed by atoms with Crippen molar-refractivity contribution in [2.45, 2.75) is 58.0 Å². The van der Waals surface area contributed by atoms with Gasteiger partial charge in [0.2, 0.25) is 0 Å². The van der Waals surface area contributed by atoms with Crippen LogP contribution >= 0.6 is 0 Å². The highest BCUT2D eigenvalue weighted by Crippen LogP contribution is 2.32. The van der Waals surface area contributed by atoms with E-state index in [2.05, 4.69) is 53.8 Å². The normalized spacial score (nSPS) is 20.3. The Labute approximate surface area is 151 Å². The number of hydrogen-bond donors (Lipinski definition) is 0. The number of fused-ring (bicyclic) bond motifs is 2. The molecule has 136 valence electrons. The molecule has 0 radical (unpaired) electrons. The average Bonchev–Trinajstić information content (AvgIpc) is 3.36. The summed E-state index contributed by atoms with van der Waals surface area (Å²) in [5.74, 6) is 3.54. The Balaban J connectivity index is 1.48. The molecule has 0 amide bonds. The topological polar surface area (TPSA) is 90.4 Å². The minimum absolute atomic E-state index is 0.218. The quantitative estimate of drug-likeness (QED) is 0.708. The maximum absolute atomic E-state index is 4.55. The number of aryl methyl sites for hydroxylation is 1. The van der Waals surface area contributed by atoms with E-state index in [4.69, 9.17) is 0 Å². The van der Waals surface area contributed by atoms with Crippen molar-refractivity contribution < 1.29 is 0 Å². The van der Waals surface area contributed by atoms with Crippen molar-refractivity contribution >= 4 is 17.0 Å². The minimum atomic E-state index is 0.218. The summed E-state index contributed by atoms with van der Waals surface area (Å²) in [5.41, 5.74) is 1.59. The first-order valence-electron chi connectivity index (χ1n) is 9.45. The zero-order valence-corrected chi connectivity index (χ0v) is 15.2. The van der Waals surface area contributed by atoms with Gasteiger partial charge in [0.05, 0.1) is 6.04 Å². The first-order chi connectivity index (χ1) is 12.7. The van der Waals surface area contributed by atoms with Gasteiger partial charge < -0.3 is 9.47 Å². The Hall–Kier alpha value is -2.58. The van der Waals surface area contributed by atoms with Crippen LogP contribution in [-0.2, 0) is 13.0 Å². The lowest BCUT2D eigenvalue weighted by molar-refractivity contribution is 0.471. The summed E-state index contributed by atoms with van der Waals surface area (Å²) in [6, 6.07) is 0.218. The van der Waals surface area contributed by atoms with Crippen molar-refractivity contribution in [2.75, 3.05) is 18.0 Å². The highest BCUT2D eigenvalue weighted by Gasteiger charge is 2.30. The summed E-state index contributed by atoms with van der Waals surface area (Å²) in [6.07, 6.45) is 6.10. The standard InChI is InChI=1S/C17H23N9/c1-11(2)26-17-14(21-23-26)16(18-10-19-17)24-7-3-5-12(9-24)15-22-20-13-6-4-8-25(13)15/h10-12H,3-9H2,1-2H3. The summed E-state index contributed by atoms with van der Waals surface area (Å²) >= 11 is 0. The summed E-state index contributed by atoms with van der Waals surface area (Å²) in [4.78, 5) is 11.3. The van der Waals surface area contributed by atoms with Gasteiger partial charge >= 0.3 is 0 Å². The second-order valence-corrected chi connectivity index (χ2v) is 7.51. The lowest BCUT2D eigenvalue weighted by Crippen LogP contribution is -2.36. The Morgan fingerprint density at radius 3 is 2.88 bits per heavy atom. The van der Waals surface area contributed by atoms with Crippen molar-refractivity contribution in [1.29, 1.82) is 0 Å². The molecule has 9 heteroatoms. The van der Waals surface area contributed by atoms with Crippen LogP contribution in [0.15, 0.2) is 6.33 Å². The van der Waals surface area contributed by atoms with E-state index in [9.17, 15) is 0 Å². The molecule has 2 aliphatic rings. The van der Waals surface area contributed by atoms with Gasteiger partial charge in [0.1, 0.15) is 18.0 Å². The van der Waals surface area contributed by atoms with E-state index in [-0.39, 0.29) is 6.04 Å². The Morgan fingerprint density at radius 2 is 2.00 bits per heavy atom. The molecule has 2 aliphatic heterocycles. The van der Waals surface area contributed by atoms with Gasteiger partial charge in [-0.15, -0.1) is 15.3 Å². The molecule has 5 heterocycles. The molecular formula is C17H23N9. The first kappa shape index (κ1) is 15.7. The van der Waals surface area contributed by atoms with Crippen LogP contribution in [0.1, 0.15) is 56.7 Å². The molecular weight excluding hydrogens is 330 g/mol. The lowest BCUT2D eigenvalue weighted by Gasteiger charge is -2.33. The molecule has 0 bridgehead atoms. The van der Waals surface area contributed by atoms with E-state index in [1.807, 2.05) is 4.68 Å². The van der Waals surface area contributed by atoms with Crippen molar-refractivity contribution in [3.05, 3.63) is 18.0 Å². The molecule has 3 aromatic heterocycles. The zero-order chi connectivity index (χ0) is 17.7. The Bertz CT molecular complexity index is 941. The van der Waals surface area contributed by atoms with Gasteiger partial charge in [-0.25, -0.2) is 14.6 Å². The van der Waals surface area contributed by atoms with Crippen LogP contribution in [0.4, 0.5) is 5.82 Å². The monoisotopic (exact) mass is 353 g/mol. The van der Waals surface area contributed by atoms with Gasteiger partial charge in [-0.2, -0.15) is 0 Å². The number of anilines is 1. The van der Waals surface area contributed by atoms with Crippen LogP contribution in [0, 0.1) is 0 Å². The van der Waals surface area contributed by atoms with Gasteiger partial charge in [-0.1, -0.05) is 5.21 Å². The zero-order valence-electron chi connectivity index (χ0n) is 15.2. The van der Waals surface area contributed by atoms with Crippen LogP contribution < -0.4 is 4.90 Å². The minimum Gasteiger partial charge on any atom is -0.354 e. The largest absolute Gasteiger partial charge is 0.354 e. The fourth-order valence-corrected chi connectivity index (χ4v) is 4.19. The molecule has 3 aromatic rings. The van der Waals surface area contributed by atoms with Gasteiger partial charge in [-0.3, -0.25) is 0 Å². The van der Waals surface area contributed by atoms with Crippen molar-refractivity contribution in [3.8, 4) is 0 Å². The predicted molar refractivity (Wildman–Crippen MR) is 96.0 cm³/mol. The second-order valence-electron chi connectivity index (χ2n) is 7.51. The maximum Gasteiger partial charge on any atom is 0.184 e. The molecule has 26 heavy (non-hydrogen) atoms. The summed E-state index contributed by atoms with van der Waals surface area (Å²) < 4.78 is 4.17. The Kier molecular flexibility index (Phi) is 3.61. The predicted octanol–water partition coefficient (Wildman–Crippen LogP) is 1.72. The van der Waals surface area contributed by atoms with Crippen LogP contribution in [0.3, 0.4) is 0 Å². The van der Waals surface area contributed by atoms with E-state index in [0.717, 1.165) is 67.5 Å². The molecule has 1 saturated heterocycles. The lowest BCUT2D eigenvalue weighted by atomic mass is 9.97. The third kappa shape index (κ3) is 2.37. The second kappa shape index (κ2) is 6.00. The molecule has 9 nitrogen and oxygen atoms in total. The molecule has 1 unspecified atom stereocenters. The fourth-order valence-electron chi connectivity index (χ4n) is 4.19. The van der Waals surface area contributed by atoms with E-state index >= 15 is 0 Å². The third-order valence-electron chi connectivity index (χ3n) is 5.46. The number of nitrogens with zero attached hydrogens (tertiary/aromatic N) is 9. The third-order valence-corrected chi connectivity index (χ3v) is 5.46. The average molecular weight is 353 g/mol. The smallest absolute Gasteiger partial charge is 0.184 e. The summed E-state index contributed by atoms with van der Waals surface area (Å²) in [7, 11) is 0. The molecule has 0 saturated carbocycles. The SMILES string of the molecule is CC(C)n1nnc2c(N3CCCC(c4nnc5n4CCC5)C3)ncnc21. The van der Waals surface area contributed by atoms with Crippen LogP contribution in [-0.4, -0.2) is 52.8 Å². The fraction of sp³-hybridized carbons (Fsp3) is 0.647. The number of aromatic nitrogens is 8. The van der Waals surface area contributed by atoms with Crippen LogP contribution in [0.2, 0.25) is 0 Å². The van der Waals surface area contributed by atoms with Gasteiger partial charge in [0, 0.05) is 32.0 Å². The molecule has 0 N–H and O–H groups in total. The van der Waals surface area contributed by atoms with Crippen molar-refractivity contribution in [3.63, 3.8) is 0 Å². The highest BCUT2D eigenvalue weighted by atomic mass is 15.5. The van der Waals surface area contributed by atoms with E-state index < -0.39 is 0 Å². The van der Waals surface area contributed by atoms with Gasteiger partial charge in [-0.05, 0) is 33.1 Å². The molecule has 1 fully saturated rings. The number of hydrogen-bond acceptors (Lipinski definition) is 7. The van der Waals surface area contributed by atoms with E-state index in [1.165, 1.54) is 6.42 Å². The molecule has 5 rings (SSSR count). The van der Waals surface area contributed by atoms with Crippen molar-refractivity contribution in [2.24, 2.45) is 0 Å². The summed E-state index contributed by atoms with van der Waals surface area (Å²) in [6.45, 7) is 7.07. The van der Waals surface area contributed by atoms with Gasteiger partial charge in [0.15, 0.2) is 17.0 Å². The summed E-state index contributed by atoms with van der Waals surface area (Å²) in [5, 5.41) is 17.5. The van der Waals surface area contributed by atoms with E-state index in [1.54, 1.807) is 6.33 Å². The van der Waals surface area contributed by atoms with Crippen LogP contribution in [0.25, 0.3) is 11.2 Å². The van der Waals surface area contributed by atoms with Crippen LogP contribution in [0.5, 0.6) is 0 Å². The highest BCUT2D eigenvalue weighted by molar-refractivity contribution is 5.82. The van der Waals surface area contributed by atoms with E-state index in [0.29, 0.717) is 5.92 Å². The Morgan fingerprint density at radius 1 is 1.08 bits per heavy atom. The molecule has 0 aromatic carbocycles. The molecule has 1 atom stereocenters.